The van der Waals surface area contributed by atoms with Crippen LogP contribution in [0.25, 0.3) is 0 Å². The molecule has 0 spiro atoms. The van der Waals surface area contributed by atoms with E-state index >= 15 is 0 Å². The quantitative estimate of drug-likeness (QED) is 0.731. The van der Waals surface area contributed by atoms with Crippen LogP contribution in [0, 0.1) is 11.1 Å². The first-order valence-corrected chi connectivity index (χ1v) is 6.45. The molecule has 1 aliphatic rings. The molecule has 0 radical (unpaired) electrons. The molecule has 1 aliphatic carbocycles. The van der Waals surface area contributed by atoms with Crippen LogP contribution in [-0.4, -0.2) is 24.9 Å². The van der Waals surface area contributed by atoms with Gasteiger partial charge in [-0.2, -0.15) is 13.2 Å². The largest absolute Gasteiger partial charge is 0.772 e. The molecule has 0 unspecified atom stereocenters. The second-order valence-electron chi connectivity index (χ2n) is 3.94. The number of rotatable bonds is 3. The van der Waals surface area contributed by atoms with Gasteiger partial charge in [-0.15, -0.1) is 0 Å². The molecule has 1 saturated carbocycles. The molecular formula is C8H13F3NO3S-. The van der Waals surface area contributed by atoms with Crippen LogP contribution in [0.4, 0.5) is 13.2 Å². The zero-order valence-electron chi connectivity index (χ0n) is 8.53. The molecule has 16 heavy (non-hydrogen) atoms. The first kappa shape index (κ1) is 13.7. The van der Waals surface area contributed by atoms with Crippen LogP contribution in [0.1, 0.15) is 32.1 Å². The van der Waals surface area contributed by atoms with E-state index in [4.69, 9.17) is 0 Å². The van der Waals surface area contributed by atoms with Gasteiger partial charge in [0.1, 0.15) is 0 Å². The molecule has 0 aromatic rings. The predicted octanol–water partition coefficient (Wildman–Crippen LogP) is 2.22. The van der Waals surface area contributed by atoms with E-state index in [0.29, 0.717) is 12.8 Å². The summed E-state index contributed by atoms with van der Waals surface area (Å²) < 4.78 is 56.6. The van der Waals surface area contributed by atoms with E-state index in [1.807, 2.05) is 0 Å². The van der Waals surface area contributed by atoms with Crippen molar-refractivity contribution in [2.45, 2.75) is 37.6 Å². The third-order valence-corrected chi connectivity index (χ3v) is 3.96. The van der Waals surface area contributed by atoms with Gasteiger partial charge in [-0.3, -0.25) is 4.47 Å². The standard InChI is InChI=1S/C8H13F3NO3S/c9-8(10,11)16(14,15)12(13)6-7-4-2-1-3-5-7/h7H,1-6H2/q-1. The zero-order valence-corrected chi connectivity index (χ0v) is 9.35. The van der Waals surface area contributed by atoms with E-state index in [1.54, 1.807) is 0 Å². The minimum Gasteiger partial charge on any atom is -0.772 e. The Labute approximate surface area is 92.1 Å². The molecule has 0 N–H and O–H groups in total. The first-order valence-electron chi connectivity index (χ1n) is 5.01. The van der Waals surface area contributed by atoms with Crippen LogP contribution in [0.5, 0.6) is 0 Å². The fraction of sp³-hybridized carbons (Fsp3) is 1.00. The Kier molecular flexibility index (Phi) is 4.19. The van der Waals surface area contributed by atoms with Gasteiger partial charge in [-0.1, -0.05) is 19.3 Å². The van der Waals surface area contributed by atoms with Crippen LogP contribution in [0.2, 0.25) is 0 Å². The second kappa shape index (κ2) is 4.89. The van der Waals surface area contributed by atoms with Crippen molar-refractivity contribution in [2.24, 2.45) is 5.92 Å². The maximum absolute atomic E-state index is 12.0. The van der Waals surface area contributed by atoms with Crippen LogP contribution in [0.15, 0.2) is 0 Å². The molecule has 96 valence electrons. The summed E-state index contributed by atoms with van der Waals surface area (Å²) in [7, 11) is -5.70. The molecule has 0 aliphatic heterocycles. The van der Waals surface area contributed by atoms with Crippen LogP contribution in [0.3, 0.4) is 0 Å². The molecule has 0 heterocycles. The number of sulfonamides is 1. The van der Waals surface area contributed by atoms with Gasteiger partial charge >= 0.3 is 15.5 Å². The van der Waals surface area contributed by atoms with E-state index in [-0.39, 0.29) is 5.92 Å². The van der Waals surface area contributed by atoms with Gasteiger partial charge in [0.2, 0.25) is 0 Å². The van der Waals surface area contributed by atoms with Gasteiger partial charge in [-0.05, 0) is 18.8 Å². The number of hydroxylamine groups is 1. The number of hydrogen-bond acceptors (Lipinski definition) is 3. The average Bonchev–Trinajstić information content (AvgIpc) is 2.17. The Hall–Kier alpha value is -0.340. The molecular weight excluding hydrogens is 247 g/mol. The molecule has 0 aromatic heterocycles. The van der Waals surface area contributed by atoms with Gasteiger partial charge in [0.25, 0.3) is 0 Å². The highest BCUT2D eigenvalue weighted by Crippen LogP contribution is 2.29. The summed E-state index contributed by atoms with van der Waals surface area (Å²) in [5.41, 5.74) is -5.50. The van der Waals surface area contributed by atoms with Crippen molar-refractivity contribution in [3.8, 4) is 0 Å². The van der Waals surface area contributed by atoms with Crippen LogP contribution in [-0.2, 0) is 10.0 Å². The molecule has 0 atom stereocenters. The highest BCUT2D eigenvalue weighted by Gasteiger charge is 2.47. The first-order chi connectivity index (χ1) is 7.25. The van der Waals surface area contributed by atoms with E-state index in [1.165, 1.54) is 0 Å². The molecule has 1 rings (SSSR count). The highest BCUT2D eigenvalue weighted by molar-refractivity contribution is 7.90. The molecule has 1 fully saturated rings. The highest BCUT2D eigenvalue weighted by atomic mass is 32.2. The predicted molar refractivity (Wildman–Crippen MR) is 51.6 cm³/mol. The molecule has 0 amide bonds. The summed E-state index contributed by atoms with van der Waals surface area (Å²) in [5.74, 6) is -0.247. The van der Waals surface area contributed by atoms with Crippen LogP contribution >= 0.6 is 0 Å². The summed E-state index contributed by atoms with van der Waals surface area (Å²) in [6.45, 7) is -0.582. The van der Waals surface area contributed by atoms with Gasteiger partial charge in [0.05, 0.1) is 0 Å². The lowest BCUT2D eigenvalue weighted by molar-refractivity contribution is -0.0480. The number of hydrogen-bond donors (Lipinski definition) is 0. The molecule has 0 bridgehead atoms. The van der Waals surface area contributed by atoms with E-state index in [0.717, 1.165) is 19.3 Å². The van der Waals surface area contributed by atoms with Gasteiger partial charge < -0.3 is 5.21 Å². The summed E-state index contributed by atoms with van der Waals surface area (Å²) in [4.78, 5) is 0. The fourth-order valence-electron chi connectivity index (χ4n) is 1.79. The lowest BCUT2D eigenvalue weighted by Crippen LogP contribution is -2.39. The lowest BCUT2D eigenvalue weighted by atomic mass is 9.89. The van der Waals surface area contributed by atoms with E-state index in [9.17, 15) is 26.8 Å². The fourth-order valence-corrected chi connectivity index (χ4v) is 2.43. The van der Waals surface area contributed by atoms with E-state index < -0.39 is 26.5 Å². The monoisotopic (exact) mass is 260 g/mol. The Morgan fingerprint density at radius 3 is 2.12 bits per heavy atom. The third-order valence-electron chi connectivity index (χ3n) is 2.69. The Morgan fingerprint density at radius 2 is 1.69 bits per heavy atom. The van der Waals surface area contributed by atoms with Crippen molar-refractivity contribution in [3.63, 3.8) is 0 Å². The number of alkyl halides is 3. The lowest BCUT2D eigenvalue weighted by Gasteiger charge is -2.33. The third kappa shape index (κ3) is 3.08. The van der Waals surface area contributed by atoms with Crippen LogP contribution < -0.4 is 0 Å². The minimum atomic E-state index is -5.70. The maximum Gasteiger partial charge on any atom is 0.510 e. The molecule has 8 heteroatoms. The zero-order chi connectivity index (χ0) is 12.4. The van der Waals surface area contributed by atoms with Crippen molar-refractivity contribution in [1.29, 1.82) is 0 Å². The Morgan fingerprint density at radius 1 is 1.19 bits per heavy atom. The van der Waals surface area contributed by atoms with Crippen molar-refractivity contribution >= 4 is 10.0 Å². The topological polar surface area (TPSA) is 60.4 Å². The van der Waals surface area contributed by atoms with Gasteiger partial charge in [0, 0.05) is 6.54 Å². The smallest absolute Gasteiger partial charge is 0.510 e. The average molecular weight is 260 g/mol. The normalized spacial score (nSPS) is 20.3. The number of nitrogens with zero attached hydrogens (tertiary/aromatic N) is 1. The Bertz CT molecular complexity index is 322. The minimum absolute atomic E-state index is 0.247. The second-order valence-corrected chi connectivity index (χ2v) is 5.76. The summed E-state index contributed by atoms with van der Waals surface area (Å²) in [5, 5.41) is 11.0. The van der Waals surface area contributed by atoms with Gasteiger partial charge in [0.15, 0.2) is 0 Å². The summed E-state index contributed by atoms with van der Waals surface area (Å²) >= 11 is 0. The summed E-state index contributed by atoms with van der Waals surface area (Å²) in [6.07, 6.45) is 3.90. The van der Waals surface area contributed by atoms with E-state index in [2.05, 4.69) is 0 Å². The van der Waals surface area contributed by atoms with Crippen molar-refractivity contribution in [1.82, 2.24) is 4.47 Å². The number of halogens is 3. The summed E-state index contributed by atoms with van der Waals surface area (Å²) in [6, 6.07) is 0. The molecule has 0 saturated heterocycles. The SMILES string of the molecule is O=S(=O)(N([O-])CC1CCCCC1)C(F)(F)F. The molecule has 4 nitrogen and oxygen atoms in total. The van der Waals surface area contributed by atoms with Crippen molar-refractivity contribution in [2.75, 3.05) is 6.54 Å². The van der Waals surface area contributed by atoms with Crippen molar-refractivity contribution in [3.05, 3.63) is 5.21 Å². The van der Waals surface area contributed by atoms with Gasteiger partial charge in [-0.25, -0.2) is 8.42 Å². The maximum atomic E-state index is 12.0. The van der Waals surface area contributed by atoms with Crippen molar-refractivity contribution < 1.29 is 21.6 Å². The molecule has 0 aromatic carbocycles. The Balaban J connectivity index is 2.61.